The molecule has 0 aliphatic heterocycles. The summed E-state index contributed by atoms with van der Waals surface area (Å²) in [6, 6.07) is 4.05. The second kappa shape index (κ2) is 6.84. The molecule has 0 fully saturated rings. The second-order valence-electron chi connectivity index (χ2n) is 4.35. The lowest BCUT2D eigenvalue weighted by molar-refractivity contribution is -0.141. The lowest BCUT2D eigenvalue weighted by atomic mass is 10.0. The molecule has 5 nitrogen and oxygen atoms in total. The zero-order valence-corrected chi connectivity index (χ0v) is 12.0. The number of carbonyl (C=O) groups excluding carboxylic acids is 1. The molecule has 0 spiro atoms. The highest BCUT2D eigenvalue weighted by atomic mass is 19.2. The number of halogens is 2. The third-order valence-electron chi connectivity index (χ3n) is 2.99. The molecule has 0 saturated carbocycles. The highest BCUT2D eigenvalue weighted by molar-refractivity contribution is 5.82. The largest absolute Gasteiger partial charge is 0.496 e. The van der Waals surface area contributed by atoms with Gasteiger partial charge in [0.05, 0.1) is 19.9 Å². The van der Waals surface area contributed by atoms with Crippen LogP contribution in [0.2, 0.25) is 0 Å². The summed E-state index contributed by atoms with van der Waals surface area (Å²) in [5, 5.41) is 2.86. The number of pyridine rings is 1. The summed E-state index contributed by atoms with van der Waals surface area (Å²) < 4.78 is 36.6. The number of hydrogen-bond acceptors (Lipinski definition) is 5. The molecule has 0 aliphatic carbocycles. The highest BCUT2D eigenvalue weighted by Gasteiger charge is 2.26. The number of nitrogens with zero attached hydrogens (tertiary/aromatic N) is 1. The Morgan fingerprint density at radius 1 is 1.27 bits per heavy atom. The molecule has 1 unspecified atom stereocenters. The van der Waals surface area contributed by atoms with Gasteiger partial charge in [0.2, 0.25) is 0 Å². The minimum Gasteiger partial charge on any atom is -0.496 e. The van der Waals surface area contributed by atoms with E-state index in [1.54, 1.807) is 18.3 Å². The van der Waals surface area contributed by atoms with E-state index < -0.39 is 23.6 Å². The fourth-order valence-electron chi connectivity index (χ4n) is 1.94. The van der Waals surface area contributed by atoms with E-state index in [0.29, 0.717) is 5.69 Å². The highest BCUT2D eigenvalue weighted by Crippen LogP contribution is 2.30. The number of rotatable bonds is 5. The maximum absolute atomic E-state index is 13.5. The van der Waals surface area contributed by atoms with Crippen molar-refractivity contribution in [3.63, 3.8) is 0 Å². The average Bonchev–Trinajstić information content (AvgIpc) is 2.55. The molecule has 0 amide bonds. The van der Waals surface area contributed by atoms with Gasteiger partial charge in [0.25, 0.3) is 0 Å². The summed E-state index contributed by atoms with van der Waals surface area (Å²) in [7, 11) is 2.50. The van der Waals surface area contributed by atoms with E-state index in [2.05, 4.69) is 10.3 Å². The number of ether oxygens (including phenoxy) is 2. The summed E-state index contributed by atoms with van der Waals surface area (Å²) >= 11 is 0. The summed E-state index contributed by atoms with van der Waals surface area (Å²) in [6.45, 7) is 0. The molecule has 1 aromatic heterocycles. The first kappa shape index (κ1) is 15.7. The van der Waals surface area contributed by atoms with Crippen molar-refractivity contribution in [1.29, 1.82) is 0 Å². The first-order chi connectivity index (χ1) is 10.6. The molecular formula is C15H14F2N2O3. The maximum atomic E-state index is 13.5. The zero-order valence-electron chi connectivity index (χ0n) is 12.0. The van der Waals surface area contributed by atoms with Crippen LogP contribution in [-0.4, -0.2) is 25.2 Å². The lowest BCUT2D eigenvalue weighted by Crippen LogP contribution is -2.23. The van der Waals surface area contributed by atoms with Crippen molar-refractivity contribution in [2.45, 2.75) is 6.04 Å². The van der Waals surface area contributed by atoms with Crippen molar-refractivity contribution < 1.29 is 23.0 Å². The number of benzene rings is 1. The van der Waals surface area contributed by atoms with Crippen molar-refractivity contribution in [3.05, 3.63) is 53.9 Å². The molecule has 22 heavy (non-hydrogen) atoms. The van der Waals surface area contributed by atoms with Crippen molar-refractivity contribution in [2.24, 2.45) is 0 Å². The average molecular weight is 308 g/mol. The SMILES string of the molecule is COC(=O)C(Nc1cccnc1)c1cc(F)c(F)cc1OC. The molecule has 1 heterocycles. The van der Waals surface area contributed by atoms with E-state index >= 15 is 0 Å². The number of carbonyl (C=O) groups is 1. The zero-order chi connectivity index (χ0) is 16.1. The maximum Gasteiger partial charge on any atom is 0.333 e. The molecule has 0 bridgehead atoms. The minimum atomic E-state index is -1.09. The van der Waals surface area contributed by atoms with Crippen LogP contribution in [-0.2, 0) is 9.53 Å². The fraction of sp³-hybridized carbons (Fsp3) is 0.200. The Balaban J connectivity index is 2.46. The van der Waals surface area contributed by atoms with Crippen LogP contribution in [0, 0.1) is 11.6 Å². The van der Waals surface area contributed by atoms with Crippen LogP contribution in [0.1, 0.15) is 11.6 Å². The molecule has 0 radical (unpaired) electrons. The van der Waals surface area contributed by atoms with Gasteiger partial charge < -0.3 is 14.8 Å². The monoisotopic (exact) mass is 308 g/mol. The summed E-state index contributed by atoms with van der Waals surface area (Å²) in [4.78, 5) is 15.9. The molecule has 0 aliphatic rings. The Hall–Kier alpha value is -2.70. The van der Waals surface area contributed by atoms with E-state index in [9.17, 15) is 13.6 Å². The van der Waals surface area contributed by atoms with E-state index in [0.717, 1.165) is 12.1 Å². The predicted octanol–water partition coefficient (Wildman–Crippen LogP) is 2.69. The van der Waals surface area contributed by atoms with E-state index in [4.69, 9.17) is 9.47 Å². The van der Waals surface area contributed by atoms with E-state index in [1.165, 1.54) is 20.4 Å². The number of hydrogen-bond donors (Lipinski definition) is 1. The molecule has 1 aromatic carbocycles. The van der Waals surface area contributed by atoms with E-state index in [1.807, 2.05) is 0 Å². The van der Waals surface area contributed by atoms with Crippen LogP contribution in [0.3, 0.4) is 0 Å². The van der Waals surface area contributed by atoms with Gasteiger partial charge in [0.1, 0.15) is 5.75 Å². The van der Waals surface area contributed by atoms with Crippen LogP contribution < -0.4 is 10.1 Å². The van der Waals surface area contributed by atoms with Gasteiger partial charge in [0.15, 0.2) is 17.7 Å². The Labute approximate surface area is 125 Å². The van der Waals surface area contributed by atoms with Crippen molar-refractivity contribution in [2.75, 3.05) is 19.5 Å². The van der Waals surface area contributed by atoms with E-state index in [-0.39, 0.29) is 11.3 Å². The Morgan fingerprint density at radius 2 is 2.00 bits per heavy atom. The Bertz CT molecular complexity index is 665. The van der Waals surface area contributed by atoms with Gasteiger partial charge in [-0.05, 0) is 18.2 Å². The van der Waals surface area contributed by atoms with Gasteiger partial charge in [-0.25, -0.2) is 13.6 Å². The molecule has 1 atom stereocenters. The Morgan fingerprint density at radius 3 is 2.59 bits per heavy atom. The lowest BCUT2D eigenvalue weighted by Gasteiger charge is -2.20. The van der Waals surface area contributed by atoms with Crippen molar-refractivity contribution in [3.8, 4) is 5.75 Å². The second-order valence-corrected chi connectivity index (χ2v) is 4.35. The van der Waals surface area contributed by atoms with Gasteiger partial charge in [-0.2, -0.15) is 0 Å². The Kier molecular flexibility index (Phi) is 4.88. The molecule has 2 rings (SSSR count). The number of aromatic nitrogens is 1. The third-order valence-corrected chi connectivity index (χ3v) is 2.99. The van der Waals surface area contributed by atoms with Gasteiger partial charge in [-0.3, -0.25) is 4.98 Å². The summed E-state index contributed by atoms with van der Waals surface area (Å²) in [6.07, 6.45) is 3.05. The molecule has 0 saturated heterocycles. The van der Waals surface area contributed by atoms with Gasteiger partial charge in [-0.15, -0.1) is 0 Å². The smallest absolute Gasteiger partial charge is 0.333 e. The van der Waals surface area contributed by atoms with Gasteiger partial charge in [-0.1, -0.05) is 0 Å². The first-order valence-electron chi connectivity index (χ1n) is 6.34. The topological polar surface area (TPSA) is 60.5 Å². The molecule has 2 aromatic rings. The van der Waals surface area contributed by atoms with Crippen LogP contribution >= 0.6 is 0 Å². The summed E-state index contributed by atoms with van der Waals surface area (Å²) in [5.41, 5.74) is 0.641. The minimum absolute atomic E-state index is 0.0330. The van der Waals surface area contributed by atoms with Crippen molar-refractivity contribution >= 4 is 11.7 Å². The quantitative estimate of drug-likeness (QED) is 0.861. The van der Waals surface area contributed by atoms with Gasteiger partial charge in [0, 0.05) is 24.0 Å². The first-order valence-corrected chi connectivity index (χ1v) is 6.34. The number of methoxy groups -OCH3 is 2. The normalized spacial score (nSPS) is 11.6. The molecule has 7 heteroatoms. The molecule has 116 valence electrons. The van der Waals surface area contributed by atoms with Crippen LogP contribution in [0.4, 0.5) is 14.5 Å². The third kappa shape index (κ3) is 3.30. The fourth-order valence-corrected chi connectivity index (χ4v) is 1.94. The molecular weight excluding hydrogens is 294 g/mol. The van der Waals surface area contributed by atoms with Crippen LogP contribution in [0.15, 0.2) is 36.7 Å². The summed E-state index contributed by atoms with van der Waals surface area (Å²) in [5.74, 6) is -2.79. The standard InChI is InChI=1S/C15H14F2N2O3/c1-21-13-7-12(17)11(16)6-10(13)14(15(20)22-2)19-9-4-3-5-18-8-9/h3-8,14,19H,1-2H3. The van der Waals surface area contributed by atoms with Crippen molar-refractivity contribution in [1.82, 2.24) is 4.98 Å². The number of nitrogens with one attached hydrogen (secondary N) is 1. The predicted molar refractivity (Wildman–Crippen MR) is 75.5 cm³/mol. The number of esters is 1. The molecule has 1 N–H and O–H groups in total. The van der Waals surface area contributed by atoms with Gasteiger partial charge >= 0.3 is 5.97 Å². The van der Waals surface area contributed by atoms with Crippen LogP contribution in [0.5, 0.6) is 5.75 Å². The van der Waals surface area contributed by atoms with Crippen LogP contribution in [0.25, 0.3) is 0 Å². The number of anilines is 1.